The van der Waals surface area contributed by atoms with E-state index in [9.17, 15) is 0 Å². The van der Waals surface area contributed by atoms with Gasteiger partial charge in [-0.2, -0.15) is 0 Å². The largest absolute Gasteiger partial charge is 0.327 e. The second kappa shape index (κ2) is 8.55. The molecule has 0 aromatic rings. The molecule has 2 unspecified atom stereocenters. The predicted molar refractivity (Wildman–Crippen MR) is 60.8 cm³/mol. The monoisotopic (exact) mass is 185 g/mol. The minimum atomic E-state index is 0.455. The molecule has 1 nitrogen and oxygen atoms in total. The van der Waals surface area contributed by atoms with Gasteiger partial charge in [0.15, 0.2) is 0 Å². The van der Waals surface area contributed by atoms with Crippen LogP contribution < -0.4 is 5.73 Å². The fourth-order valence-electron chi connectivity index (χ4n) is 1.96. The van der Waals surface area contributed by atoms with Crippen molar-refractivity contribution in [1.82, 2.24) is 0 Å². The predicted octanol–water partition coefficient (Wildman–Crippen LogP) is 3.72. The lowest BCUT2D eigenvalue weighted by atomic mass is 9.89. The van der Waals surface area contributed by atoms with Gasteiger partial charge in [0, 0.05) is 6.04 Å². The molecule has 0 radical (unpaired) electrons. The highest BCUT2D eigenvalue weighted by Crippen LogP contribution is 2.18. The van der Waals surface area contributed by atoms with E-state index in [2.05, 4.69) is 20.8 Å². The van der Waals surface area contributed by atoms with Gasteiger partial charge in [0.25, 0.3) is 0 Å². The molecule has 0 fully saturated rings. The Hall–Kier alpha value is -0.0400. The Balaban J connectivity index is 3.57. The average molecular weight is 185 g/mol. The Bertz CT molecular complexity index is 101. The van der Waals surface area contributed by atoms with Gasteiger partial charge in [0.1, 0.15) is 0 Å². The van der Waals surface area contributed by atoms with E-state index in [4.69, 9.17) is 5.73 Å². The summed E-state index contributed by atoms with van der Waals surface area (Å²) in [5, 5.41) is 0. The van der Waals surface area contributed by atoms with Crippen LogP contribution in [0.4, 0.5) is 0 Å². The fourth-order valence-corrected chi connectivity index (χ4v) is 1.96. The van der Waals surface area contributed by atoms with E-state index < -0.39 is 0 Å². The SMILES string of the molecule is CCCCCC(N)C(CC)CCC. The molecule has 0 aliphatic rings. The molecule has 0 rings (SSSR count). The topological polar surface area (TPSA) is 26.0 Å². The third-order valence-corrected chi connectivity index (χ3v) is 2.93. The molecule has 0 aliphatic heterocycles. The van der Waals surface area contributed by atoms with Crippen molar-refractivity contribution in [2.75, 3.05) is 0 Å². The van der Waals surface area contributed by atoms with Gasteiger partial charge in [0.2, 0.25) is 0 Å². The van der Waals surface area contributed by atoms with Gasteiger partial charge >= 0.3 is 0 Å². The third kappa shape index (κ3) is 6.09. The summed E-state index contributed by atoms with van der Waals surface area (Å²) in [6, 6.07) is 0.455. The van der Waals surface area contributed by atoms with Crippen molar-refractivity contribution in [1.29, 1.82) is 0 Å². The second-order valence-electron chi connectivity index (χ2n) is 4.12. The summed E-state index contributed by atoms with van der Waals surface area (Å²) >= 11 is 0. The summed E-state index contributed by atoms with van der Waals surface area (Å²) in [4.78, 5) is 0. The maximum Gasteiger partial charge on any atom is 0.00670 e. The fraction of sp³-hybridized carbons (Fsp3) is 1.00. The van der Waals surface area contributed by atoms with Gasteiger partial charge < -0.3 is 5.73 Å². The Kier molecular flexibility index (Phi) is 8.53. The molecule has 0 aliphatic carbocycles. The number of unbranched alkanes of at least 4 members (excludes halogenated alkanes) is 2. The molecule has 0 bridgehead atoms. The number of hydrogen-bond acceptors (Lipinski definition) is 1. The van der Waals surface area contributed by atoms with E-state index in [1.165, 1.54) is 44.9 Å². The summed E-state index contributed by atoms with van der Waals surface area (Å²) in [6.07, 6.45) is 9.03. The smallest absolute Gasteiger partial charge is 0.00670 e. The van der Waals surface area contributed by atoms with Crippen LogP contribution in [0.5, 0.6) is 0 Å². The van der Waals surface area contributed by atoms with Crippen molar-refractivity contribution in [3.63, 3.8) is 0 Å². The van der Waals surface area contributed by atoms with Crippen molar-refractivity contribution in [3.8, 4) is 0 Å². The van der Waals surface area contributed by atoms with Crippen molar-refractivity contribution in [2.45, 2.75) is 71.8 Å². The van der Waals surface area contributed by atoms with Gasteiger partial charge in [-0.15, -0.1) is 0 Å². The van der Waals surface area contributed by atoms with E-state index in [1.807, 2.05) is 0 Å². The van der Waals surface area contributed by atoms with Crippen LogP contribution in [0.2, 0.25) is 0 Å². The molecule has 0 spiro atoms. The maximum absolute atomic E-state index is 6.16. The number of rotatable bonds is 8. The van der Waals surface area contributed by atoms with Crippen LogP contribution in [0, 0.1) is 5.92 Å². The van der Waals surface area contributed by atoms with Gasteiger partial charge in [-0.1, -0.05) is 52.9 Å². The zero-order valence-corrected chi connectivity index (χ0v) is 9.68. The molecule has 2 N–H and O–H groups in total. The molecule has 0 amide bonds. The minimum Gasteiger partial charge on any atom is -0.327 e. The summed E-state index contributed by atoms with van der Waals surface area (Å²) in [6.45, 7) is 6.76. The first-order chi connectivity index (χ1) is 6.26. The highest BCUT2D eigenvalue weighted by Gasteiger charge is 2.13. The third-order valence-electron chi connectivity index (χ3n) is 2.93. The van der Waals surface area contributed by atoms with Crippen molar-refractivity contribution in [3.05, 3.63) is 0 Å². The summed E-state index contributed by atoms with van der Waals surface area (Å²) in [5.41, 5.74) is 6.16. The standard InChI is InChI=1S/C12H27N/c1-4-7-8-10-12(13)11(6-3)9-5-2/h11-12H,4-10,13H2,1-3H3. The first kappa shape index (κ1) is 13.0. The van der Waals surface area contributed by atoms with Crippen LogP contribution >= 0.6 is 0 Å². The van der Waals surface area contributed by atoms with Crippen LogP contribution in [0.25, 0.3) is 0 Å². The lowest BCUT2D eigenvalue weighted by Gasteiger charge is -2.21. The van der Waals surface area contributed by atoms with E-state index in [0.29, 0.717) is 6.04 Å². The summed E-state index contributed by atoms with van der Waals surface area (Å²) in [5.74, 6) is 0.766. The normalized spacial score (nSPS) is 15.7. The van der Waals surface area contributed by atoms with E-state index >= 15 is 0 Å². The number of nitrogens with two attached hydrogens (primary N) is 1. The number of hydrogen-bond donors (Lipinski definition) is 1. The molecule has 0 saturated heterocycles. The molecule has 0 aromatic carbocycles. The zero-order chi connectivity index (χ0) is 10.1. The van der Waals surface area contributed by atoms with Crippen molar-refractivity contribution < 1.29 is 0 Å². The highest BCUT2D eigenvalue weighted by atomic mass is 14.6. The Morgan fingerprint density at radius 2 is 1.62 bits per heavy atom. The average Bonchev–Trinajstić information content (AvgIpc) is 2.14. The molecular formula is C12H27N. The minimum absolute atomic E-state index is 0.455. The van der Waals surface area contributed by atoms with Crippen molar-refractivity contribution in [2.24, 2.45) is 11.7 Å². The molecule has 0 aromatic heterocycles. The van der Waals surface area contributed by atoms with Crippen molar-refractivity contribution >= 4 is 0 Å². The van der Waals surface area contributed by atoms with Gasteiger partial charge in [-0.05, 0) is 18.8 Å². The summed E-state index contributed by atoms with van der Waals surface area (Å²) < 4.78 is 0. The first-order valence-electron chi connectivity index (χ1n) is 6.01. The Morgan fingerprint density at radius 3 is 2.08 bits per heavy atom. The maximum atomic E-state index is 6.16. The molecule has 13 heavy (non-hydrogen) atoms. The molecule has 0 saturated carbocycles. The Labute approximate surface area is 84.1 Å². The molecule has 0 heterocycles. The van der Waals surface area contributed by atoms with E-state index in [0.717, 1.165) is 5.92 Å². The van der Waals surface area contributed by atoms with Crippen LogP contribution in [0.3, 0.4) is 0 Å². The highest BCUT2D eigenvalue weighted by molar-refractivity contribution is 4.71. The lowest BCUT2D eigenvalue weighted by molar-refractivity contribution is 0.353. The quantitative estimate of drug-likeness (QED) is 0.573. The van der Waals surface area contributed by atoms with Gasteiger partial charge in [0.05, 0.1) is 0 Å². The summed E-state index contributed by atoms with van der Waals surface area (Å²) in [7, 11) is 0. The second-order valence-corrected chi connectivity index (χ2v) is 4.12. The van der Waals surface area contributed by atoms with Crippen LogP contribution in [-0.2, 0) is 0 Å². The molecular weight excluding hydrogens is 158 g/mol. The van der Waals surface area contributed by atoms with E-state index in [-0.39, 0.29) is 0 Å². The molecule has 80 valence electrons. The zero-order valence-electron chi connectivity index (χ0n) is 9.68. The van der Waals surface area contributed by atoms with E-state index in [1.54, 1.807) is 0 Å². The molecule has 1 heteroatoms. The lowest BCUT2D eigenvalue weighted by Crippen LogP contribution is -2.29. The van der Waals surface area contributed by atoms with Gasteiger partial charge in [-0.25, -0.2) is 0 Å². The van der Waals surface area contributed by atoms with Crippen LogP contribution in [0.15, 0.2) is 0 Å². The van der Waals surface area contributed by atoms with Crippen LogP contribution in [-0.4, -0.2) is 6.04 Å². The van der Waals surface area contributed by atoms with Gasteiger partial charge in [-0.3, -0.25) is 0 Å². The first-order valence-corrected chi connectivity index (χ1v) is 6.01. The molecule has 2 atom stereocenters. The van der Waals surface area contributed by atoms with Crippen LogP contribution in [0.1, 0.15) is 65.7 Å². The Morgan fingerprint density at radius 1 is 0.923 bits per heavy atom.